The van der Waals surface area contributed by atoms with E-state index < -0.39 is 0 Å². The molecule has 0 rings (SSSR count). The summed E-state index contributed by atoms with van der Waals surface area (Å²) in [7, 11) is 0. The van der Waals surface area contributed by atoms with E-state index in [1.807, 2.05) is 0 Å². The number of aliphatic imine (C=N–C) groups is 1. The molecule has 0 atom stereocenters. The average molecular weight is 101 g/mol. The van der Waals surface area contributed by atoms with Crippen LogP contribution in [0, 0.1) is 0 Å². The molecule has 0 unspecified atom stereocenters. The molecule has 0 saturated carbocycles. The molecule has 0 aliphatic carbocycles. The van der Waals surface area contributed by atoms with E-state index in [0.717, 1.165) is 6.20 Å². The van der Waals surface area contributed by atoms with Gasteiger partial charge >= 0.3 is 0 Å². The minimum absolute atomic E-state index is 0.125. The van der Waals surface area contributed by atoms with E-state index in [9.17, 15) is 0 Å². The van der Waals surface area contributed by atoms with Gasteiger partial charge in [0.05, 0.1) is 6.20 Å². The lowest BCUT2D eigenvalue weighted by Gasteiger charge is -1.90. The second kappa shape index (κ2) is 3.17. The van der Waals surface area contributed by atoms with Crippen molar-refractivity contribution < 1.29 is 4.84 Å². The maximum absolute atomic E-state index is 4.89. The molecule has 40 valence electrons. The standard InChI is InChI=1S/C3H7N3O/c1-6-3(2-4)7-5/h2H,1,4-5H2/b3-2+. The van der Waals surface area contributed by atoms with E-state index in [2.05, 4.69) is 22.4 Å². The predicted molar refractivity (Wildman–Crippen MR) is 27.1 cm³/mol. The van der Waals surface area contributed by atoms with Crippen molar-refractivity contribution >= 4 is 6.72 Å². The average Bonchev–Trinajstić information content (AvgIpc) is 1.72. The van der Waals surface area contributed by atoms with Gasteiger partial charge in [-0.1, -0.05) is 0 Å². The lowest BCUT2D eigenvalue weighted by molar-refractivity contribution is 0.218. The van der Waals surface area contributed by atoms with Crippen LogP contribution in [0.4, 0.5) is 0 Å². The highest BCUT2D eigenvalue weighted by Crippen LogP contribution is 1.86. The van der Waals surface area contributed by atoms with Crippen molar-refractivity contribution in [1.82, 2.24) is 0 Å². The first-order valence-corrected chi connectivity index (χ1v) is 1.60. The number of hydrogen-bond donors (Lipinski definition) is 2. The maximum atomic E-state index is 4.89. The molecule has 4 N–H and O–H groups in total. The third kappa shape index (κ3) is 1.77. The fraction of sp³-hybridized carbons (Fsp3) is 0. The van der Waals surface area contributed by atoms with E-state index in [1.165, 1.54) is 0 Å². The zero-order chi connectivity index (χ0) is 5.70. The summed E-state index contributed by atoms with van der Waals surface area (Å²) in [5.41, 5.74) is 4.89. The number of hydrogen-bond acceptors (Lipinski definition) is 4. The van der Waals surface area contributed by atoms with Gasteiger partial charge in [-0.2, -0.15) is 5.90 Å². The molecule has 0 radical (unpaired) electrons. The summed E-state index contributed by atoms with van der Waals surface area (Å²) in [6.07, 6.45) is 1.12. The van der Waals surface area contributed by atoms with Crippen molar-refractivity contribution in [3.8, 4) is 0 Å². The van der Waals surface area contributed by atoms with Crippen LogP contribution in [0.5, 0.6) is 0 Å². The summed E-state index contributed by atoms with van der Waals surface area (Å²) in [4.78, 5) is 7.32. The predicted octanol–water partition coefficient (Wildman–Crippen LogP) is -0.665. The first kappa shape index (κ1) is 5.97. The fourth-order valence-electron chi connectivity index (χ4n) is 0.129. The smallest absolute Gasteiger partial charge is 0.252 e. The topological polar surface area (TPSA) is 73.6 Å². The summed E-state index contributed by atoms with van der Waals surface area (Å²) in [6, 6.07) is 0. The highest BCUT2D eigenvalue weighted by atomic mass is 16.6. The molecule has 4 nitrogen and oxygen atoms in total. The largest absolute Gasteiger partial charge is 0.400 e. The lowest BCUT2D eigenvalue weighted by Crippen LogP contribution is -1.98. The van der Waals surface area contributed by atoms with Gasteiger partial charge in [-0.15, -0.1) is 0 Å². The third-order valence-electron chi connectivity index (χ3n) is 0.419. The Bertz CT molecular complexity index is 88.2. The monoisotopic (exact) mass is 101 g/mol. The Hall–Kier alpha value is -1.03. The summed E-state index contributed by atoms with van der Waals surface area (Å²) in [5.74, 6) is 4.74. The van der Waals surface area contributed by atoms with Crippen molar-refractivity contribution in [3.63, 3.8) is 0 Å². The van der Waals surface area contributed by atoms with E-state index >= 15 is 0 Å². The molecule has 0 fully saturated rings. The zero-order valence-electron chi connectivity index (χ0n) is 3.79. The van der Waals surface area contributed by atoms with Crippen molar-refractivity contribution in [2.75, 3.05) is 0 Å². The van der Waals surface area contributed by atoms with Crippen molar-refractivity contribution in [2.45, 2.75) is 0 Å². The molecule has 0 aromatic rings. The van der Waals surface area contributed by atoms with Gasteiger partial charge in [0.2, 0.25) is 0 Å². The molecule has 0 aliphatic heterocycles. The van der Waals surface area contributed by atoms with Crippen LogP contribution in [-0.4, -0.2) is 6.72 Å². The number of nitrogens with two attached hydrogens (primary N) is 2. The Morgan fingerprint density at radius 3 is 2.43 bits per heavy atom. The van der Waals surface area contributed by atoms with Crippen LogP contribution in [0.3, 0.4) is 0 Å². The van der Waals surface area contributed by atoms with E-state index in [1.54, 1.807) is 0 Å². The molecule has 0 saturated heterocycles. The summed E-state index contributed by atoms with van der Waals surface area (Å²) in [5, 5.41) is 0. The quantitative estimate of drug-likeness (QED) is 0.275. The second-order valence-electron chi connectivity index (χ2n) is 0.781. The molecule has 0 aliphatic rings. The van der Waals surface area contributed by atoms with Crippen LogP contribution in [0.15, 0.2) is 17.1 Å². The van der Waals surface area contributed by atoms with Crippen LogP contribution in [0.25, 0.3) is 0 Å². The van der Waals surface area contributed by atoms with Gasteiger partial charge in [0.1, 0.15) is 0 Å². The number of nitrogens with zero attached hydrogens (tertiary/aromatic N) is 1. The first-order chi connectivity index (χ1) is 3.35. The summed E-state index contributed by atoms with van der Waals surface area (Å²) < 4.78 is 0. The number of rotatable bonds is 2. The molecule has 0 spiro atoms. The third-order valence-corrected chi connectivity index (χ3v) is 0.419. The molecule has 0 aromatic heterocycles. The molecule has 4 heteroatoms. The molecule has 0 bridgehead atoms. The Balaban J connectivity index is 3.60. The molecule has 7 heavy (non-hydrogen) atoms. The first-order valence-electron chi connectivity index (χ1n) is 1.60. The van der Waals surface area contributed by atoms with Gasteiger partial charge in [0.15, 0.2) is 0 Å². The van der Waals surface area contributed by atoms with Gasteiger partial charge < -0.3 is 10.6 Å². The maximum Gasteiger partial charge on any atom is 0.252 e. The Morgan fingerprint density at radius 2 is 2.43 bits per heavy atom. The van der Waals surface area contributed by atoms with E-state index in [-0.39, 0.29) is 5.88 Å². The summed E-state index contributed by atoms with van der Waals surface area (Å²) >= 11 is 0. The second-order valence-corrected chi connectivity index (χ2v) is 0.781. The van der Waals surface area contributed by atoms with Gasteiger partial charge in [-0.3, -0.25) is 0 Å². The molecular formula is C3H7N3O. The van der Waals surface area contributed by atoms with Crippen LogP contribution >= 0.6 is 0 Å². The molecular weight excluding hydrogens is 94.1 g/mol. The van der Waals surface area contributed by atoms with Crippen LogP contribution in [0.2, 0.25) is 0 Å². The zero-order valence-corrected chi connectivity index (χ0v) is 3.79. The Labute approximate surface area is 41.4 Å². The normalized spacial score (nSPS) is 10.7. The minimum Gasteiger partial charge on any atom is -0.400 e. The van der Waals surface area contributed by atoms with Crippen LogP contribution in [0.1, 0.15) is 0 Å². The minimum atomic E-state index is 0.125. The van der Waals surface area contributed by atoms with Crippen molar-refractivity contribution in [2.24, 2.45) is 16.6 Å². The van der Waals surface area contributed by atoms with Crippen LogP contribution in [-0.2, 0) is 4.84 Å². The molecule has 0 heterocycles. The van der Waals surface area contributed by atoms with E-state index in [4.69, 9.17) is 5.73 Å². The molecule has 0 aromatic carbocycles. The van der Waals surface area contributed by atoms with Crippen LogP contribution < -0.4 is 11.6 Å². The van der Waals surface area contributed by atoms with Crippen molar-refractivity contribution in [1.29, 1.82) is 0 Å². The Morgan fingerprint density at radius 1 is 1.86 bits per heavy atom. The van der Waals surface area contributed by atoms with Gasteiger partial charge in [0, 0.05) is 0 Å². The lowest BCUT2D eigenvalue weighted by atomic mass is 10.8. The SMILES string of the molecule is C=N/C(=C\N)ON. The summed E-state index contributed by atoms with van der Waals surface area (Å²) in [6.45, 7) is 3.10. The van der Waals surface area contributed by atoms with Gasteiger partial charge in [-0.05, 0) is 6.72 Å². The van der Waals surface area contributed by atoms with E-state index in [0.29, 0.717) is 0 Å². The highest BCUT2D eigenvalue weighted by Gasteiger charge is 1.81. The molecule has 0 amide bonds. The fourth-order valence-corrected chi connectivity index (χ4v) is 0.129. The highest BCUT2D eigenvalue weighted by molar-refractivity contribution is 5.26. The van der Waals surface area contributed by atoms with Gasteiger partial charge in [-0.25, -0.2) is 4.99 Å². The van der Waals surface area contributed by atoms with Gasteiger partial charge in [0.25, 0.3) is 5.88 Å². The van der Waals surface area contributed by atoms with Crippen molar-refractivity contribution in [3.05, 3.63) is 12.1 Å². The Kier molecular flexibility index (Phi) is 2.70.